The van der Waals surface area contributed by atoms with Crippen molar-refractivity contribution in [1.29, 1.82) is 0 Å². The van der Waals surface area contributed by atoms with Crippen molar-refractivity contribution >= 4 is 15.5 Å². The van der Waals surface area contributed by atoms with Crippen molar-refractivity contribution in [3.05, 3.63) is 23.8 Å². The van der Waals surface area contributed by atoms with Crippen LogP contribution in [-0.4, -0.2) is 30.2 Å². The first kappa shape index (κ1) is 13.7. The van der Waals surface area contributed by atoms with E-state index in [1.54, 1.807) is 10.9 Å². The molecule has 2 aromatic heterocycles. The lowest BCUT2D eigenvalue weighted by Crippen LogP contribution is -2.11. The SMILES string of the molecule is Cc1cc(-c2nn(CCS(C)(=O)=O)cc2N)c(C)o1. The molecule has 0 amide bonds. The van der Waals surface area contributed by atoms with E-state index in [1.165, 1.54) is 6.26 Å². The van der Waals surface area contributed by atoms with Crippen LogP contribution in [0.3, 0.4) is 0 Å². The van der Waals surface area contributed by atoms with Gasteiger partial charge in [-0.1, -0.05) is 0 Å². The van der Waals surface area contributed by atoms with Crippen LogP contribution in [0, 0.1) is 13.8 Å². The third-order valence-corrected chi connectivity index (χ3v) is 3.70. The molecule has 2 heterocycles. The van der Waals surface area contributed by atoms with E-state index in [4.69, 9.17) is 10.2 Å². The molecule has 2 N–H and O–H groups in total. The Morgan fingerprint density at radius 1 is 1.42 bits per heavy atom. The van der Waals surface area contributed by atoms with Crippen molar-refractivity contribution in [3.63, 3.8) is 0 Å². The largest absolute Gasteiger partial charge is 0.466 e. The number of aromatic nitrogens is 2. The average molecular weight is 283 g/mol. The number of rotatable bonds is 4. The number of hydrogen-bond donors (Lipinski definition) is 1. The fourth-order valence-electron chi connectivity index (χ4n) is 1.89. The van der Waals surface area contributed by atoms with Crippen molar-refractivity contribution < 1.29 is 12.8 Å². The average Bonchev–Trinajstić information content (AvgIpc) is 2.78. The van der Waals surface area contributed by atoms with E-state index in [0.717, 1.165) is 17.1 Å². The molecule has 0 spiro atoms. The standard InChI is InChI=1S/C12H17N3O3S/c1-8-6-10(9(2)18-8)12-11(13)7-15(14-12)4-5-19(3,16)17/h6-7H,4-5,13H2,1-3H3. The molecule has 2 rings (SSSR count). The maximum Gasteiger partial charge on any atom is 0.149 e. The summed E-state index contributed by atoms with van der Waals surface area (Å²) in [6.45, 7) is 3.99. The fourth-order valence-corrected chi connectivity index (χ4v) is 2.40. The van der Waals surface area contributed by atoms with Gasteiger partial charge in [-0.05, 0) is 19.9 Å². The Labute approximate surface area is 112 Å². The number of sulfone groups is 1. The van der Waals surface area contributed by atoms with Crippen molar-refractivity contribution in [3.8, 4) is 11.3 Å². The minimum atomic E-state index is -3.01. The highest BCUT2D eigenvalue weighted by Crippen LogP contribution is 2.29. The van der Waals surface area contributed by atoms with Gasteiger partial charge in [0.2, 0.25) is 0 Å². The van der Waals surface area contributed by atoms with Gasteiger partial charge in [0.1, 0.15) is 27.1 Å². The van der Waals surface area contributed by atoms with Gasteiger partial charge in [-0.25, -0.2) is 8.42 Å². The summed E-state index contributed by atoms with van der Waals surface area (Å²) in [5.74, 6) is 1.58. The second-order valence-corrected chi connectivity index (χ2v) is 6.91. The van der Waals surface area contributed by atoms with Gasteiger partial charge in [0.15, 0.2) is 0 Å². The topological polar surface area (TPSA) is 91.1 Å². The lowest BCUT2D eigenvalue weighted by molar-refractivity contribution is 0.505. The molecule has 0 aliphatic rings. The summed E-state index contributed by atoms with van der Waals surface area (Å²) in [5.41, 5.74) is 7.90. The van der Waals surface area contributed by atoms with E-state index in [0.29, 0.717) is 17.9 Å². The van der Waals surface area contributed by atoms with E-state index < -0.39 is 9.84 Å². The molecule has 7 heteroatoms. The van der Waals surface area contributed by atoms with E-state index in [-0.39, 0.29) is 5.75 Å². The number of furan rings is 1. The van der Waals surface area contributed by atoms with E-state index in [1.807, 2.05) is 19.9 Å². The van der Waals surface area contributed by atoms with Crippen LogP contribution in [0.5, 0.6) is 0 Å². The van der Waals surface area contributed by atoms with Gasteiger partial charge in [-0.15, -0.1) is 0 Å². The second kappa shape index (κ2) is 4.73. The van der Waals surface area contributed by atoms with Gasteiger partial charge >= 0.3 is 0 Å². The molecule has 19 heavy (non-hydrogen) atoms. The minimum absolute atomic E-state index is 0.0386. The summed E-state index contributed by atoms with van der Waals surface area (Å²) in [6.07, 6.45) is 2.84. The van der Waals surface area contributed by atoms with Gasteiger partial charge in [0, 0.05) is 18.0 Å². The number of hydrogen-bond acceptors (Lipinski definition) is 5. The summed E-state index contributed by atoms with van der Waals surface area (Å²) in [4.78, 5) is 0. The highest BCUT2D eigenvalue weighted by atomic mass is 32.2. The smallest absolute Gasteiger partial charge is 0.149 e. The highest BCUT2D eigenvalue weighted by molar-refractivity contribution is 7.90. The first-order valence-electron chi connectivity index (χ1n) is 5.84. The zero-order valence-corrected chi connectivity index (χ0v) is 12.0. The van der Waals surface area contributed by atoms with E-state index in [9.17, 15) is 8.42 Å². The lowest BCUT2D eigenvalue weighted by atomic mass is 10.1. The monoisotopic (exact) mass is 283 g/mol. The van der Waals surface area contributed by atoms with Gasteiger partial charge < -0.3 is 10.2 Å². The van der Waals surface area contributed by atoms with Crippen LogP contribution in [0.2, 0.25) is 0 Å². The molecule has 0 saturated carbocycles. The van der Waals surface area contributed by atoms with Crippen molar-refractivity contribution in [2.45, 2.75) is 20.4 Å². The van der Waals surface area contributed by atoms with Gasteiger partial charge in [0.05, 0.1) is 18.0 Å². The zero-order valence-electron chi connectivity index (χ0n) is 11.2. The Bertz CT molecular complexity index is 698. The molecule has 6 nitrogen and oxygen atoms in total. The molecule has 0 fully saturated rings. The van der Waals surface area contributed by atoms with Crippen molar-refractivity contribution in [2.24, 2.45) is 0 Å². The number of nitrogens with zero attached hydrogens (tertiary/aromatic N) is 2. The molecular weight excluding hydrogens is 266 g/mol. The Morgan fingerprint density at radius 3 is 2.63 bits per heavy atom. The maximum atomic E-state index is 11.1. The molecule has 0 aliphatic carbocycles. The van der Waals surface area contributed by atoms with Crippen LogP contribution >= 0.6 is 0 Å². The second-order valence-electron chi connectivity index (χ2n) is 4.65. The molecule has 104 valence electrons. The number of anilines is 1. The quantitative estimate of drug-likeness (QED) is 0.915. The van der Waals surface area contributed by atoms with E-state index >= 15 is 0 Å². The summed E-state index contributed by atoms with van der Waals surface area (Å²) >= 11 is 0. The fraction of sp³-hybridized carbons (Fsp3) is 0.417. The van der Waals surface area contributed by atoms with E-state index in [2.05, 4.69) is 5.10 Å². The van der Waals surface area contributed by atoms with Gasteiger partial charge in [-0.2, -0.15) is 5.10 Å². The molecule has 0 aliphatic heterocycles. The molecule has 0 unspecified atom stereocenters. The van der Waals surface area contributed by atoms with Crippen LogP contribution in [0.4, 0.5) is 5.69 Å². The molecule has 0 atom stereocenters. The predicted octanol–water partition coefficient (Wildman–Crippen LogP) is 1.39. The third kappa shape index (κ3) is 3.17. The van der Waals surface area contributed by atoms with Crippen LogP contribution in [0.15, 0.2) is 16.7 Å². The normalized spacial score (nSPS) is 11.9. The Morgan fingerprint density at radius 2 is 2.11 bits per heavy atom. The lowest BCUT2D eigenvalue weighted by Gasteiger charge is -1.99. The first-order chi connectivity index (χ1) is 8.76. The summed E-state index contributed by atoms with van der Waals surface area (Å²) in [6, 6.07) is 1.87. The number of nitrogen functional groups attached to an aromatic ring is 1. The van der Waals surface area contributed by atoms with Crippen LogP contribution in [0.1, 0.15) is 11.5 Å². The molecule has 0 saturated heterocycles. The minimum Gasteiger partial charge on any atom is -0.466 e. The van der Waals surface area contributed by atoms with Crippen molar-refractivity contribution in [2.75, 3.05) is 17.7 Å². The summed E-state index contributed by atoms with van der Waals surface area (Å²) in [5, 5.41) is 4.32. The first-order valence-corrected chi connectivity index (χ1v) is 7.90. The maximum absolute atomic E-state index is 11.1. The molecule has 2 aromatic rings. The molecule has 0 radical (unpaired) electrons. The molecule has 0 aromatic carbocycles. The van der Waals surface area contributed by atoms with Crippen molar-refractivity contribution in [1.82, 2.24) is 9.78 Å². The van der Waals surface area contributed by atoms with Crippen LogP contribution in [0.25, 0.3) is 11.3 Å². The van der Waals surface area contributed by atoms with Crippen LogP contribution < -0.4 is 5.73 Å². The number of aryl methyl sites for hydroxylation is 3. The summed E-state index contributed by atoms with van der Waals surface area (Å²) in [7, 11) is -3.01. The van der Waals surface area contributed by atoms with Gasteiger partial charge in [0.25, 0.3) is 0 Å². The van der Waals surface area contributed by atoms with Gasteiger partial charge in [-0.3, -0.25) is 4.68 Å². The highest BCUT2D eigenvalue weighted by Gasteiger charge is 2.15. The predicted molar refractivity (Wildman–Crippen MR) is 73.5 cm³/mol. The number of nitrogens with two attached hydrogens (primary N) is 1. The Kier molecular flexibility index (Phi) is 3.40. The molecular formula is C12H17N3O3S. The molecule has 0 bridgehead atoms. The van der Waals surface area contributed by atoms with Crippen LogP contribution in [-0.2, 0) is 16.4 Å². The Hall–Kier alpha value is -1.76. The summed E-state index contributed by atoms with van der Waals surface area (Å²) < 4.78 is 29.3. The Balaban J connectivity index is 2.29. The zero-order chi connectivity index (χ0) is 14.2. The third-order valence-electron chi connectivity index (χ3n) is 2.78.